The number of halogens is 7. The van der Waals surface area contributed by atoms with Gasteiger partial charge in [0.05, 0.1) is 12.3 Å². The number of para-hydroxylation sites is 2. The quantitative estimate of drug-likeness (QED) is 0.397. The molecule has 0 bridgehead atoms. The average molecular weight is 412 g/mol. The second-order valence-corrected chi connectivity index (χ2v) is 5.42. The van der Waals surface area contributed by atoms with E-state index >= 15 is 0 Å². The highest BCUT2D eigenvalue weighted by Gasteiger charge is 2.42. The lowest BCUT2D eigenvalue weighted by atomic mass is 10.1. The zero-order valence-electron chi connectivity index (χ0n) is 13.5. The van der Waals surface area contributed by atoms with Gasteiger partial charge in [0, 0.05) is 0 Å². The molecule has 27 heavy (non-hydrogen) atoms. The van der Waals surface area contributed by atoms with Gasteiger partial charge in [0.25, 0.3) is 0 Å². The first-order valence-electron chi connectivity index (χ1n) is 7.30. The summed E-state index contributed by atoms with van der Waals surface area (Å²) in [6.45, 7) is 1.99. The molecule has 0 fully saturated rings. The summed E-state index contributed by atoms with van der Waals surface area (Å²) in [5.74, 6) is -9.37. The number of anilines is 2. The number of alkyl halides is 3. The second kappa shape index (κ2) is 7.99. The minimum atomic E-state index is -5.62. The van der Waals surface area contributed by atoms with Crippen molar-refractivity contribution in [3.8, 4) is 5.75 Å². The summed E-state index contributed by atoms with van der Waals surface area (Å²) in [7, 11) is 0. The highest BCUT2D eigenvalue weighted by Crippen LogP contribution is 2.38. The predicted octanol–water partition coefficient (Wildman–Crippen LogP) is 5.47. The Bertz CT molecular complexity index is 842. The fourth-order valence-corrected chi connectivity index (χ4v) is 2.32. The van der Waals surface area contributed by atoms with Gasteiger partial charge in [0.15, 0.2) is 28.4 Å². The zero-order valence-corrected chi connectivity index (χ0v) is 14.3. The number of rotatable bonds is 4. The zero-order chi connectivity index (χ0) is 20.4. The van der Waals surface area contributed by atoms with Crippen LogP contribution in [0.15, 0.2) is 24.3 Å². The molecular formula is C16H11F7N2OS. The lowest BCUT2D eigenvalue weighted by Crippen LogP contribution is -2.23. The molecule has 0 aliphatic heterocycles. The summed E-state index contributed by atoms with van der Waals surface area (Å²) >= 11 is 4.80. The summed E-state index contributed by atoms with van der Waals surface area (Å²) in [6, 6.07) is 6.24. The Morgan fingerprint density at radius 1 is 0.963 bits per heavy atom. The molecule has 0 aliphatic carbocycles. The van der Waals surface area contributed by atoms with E-state index in [4.69, 9.17) is 17.0 Å². The lowest BCUT2D eigenvalue weighted by Gasteiger charge is -2.17. The van der Waals surface area contributed by atoms with Crippen LogP contribution < -0.4 is 15.4 Å². The van der Waals surface area contributed by atoms with Gasteiger partial charge >= 0.3 is 6.18 Å². The van der Waals surface area contributed by atoms with Crippen molar-refractivity contribution in [2.45, 2.75) is 13.1 Å². The third-order valence-corrected chi connectivity index (χ3v) is 3.42. The maximum atomic E-state index is 13.9. The van der Waals surface area contributed by atoms with E-state index in [9.17, 15) is 30.7 Å². The van der Waals surface area contributed by atoms with Crippen LogP contribution in [0.4, 0.5) is 42.1 Å². The first kappa shape index (κ1) is 20.7. The topological polar surface area (TPSA) is 33.3 Å². The van der Waals surface area contributed by atoms with Crippen LogP contribution >= 0.6 is 12.2 Å². The maximum absolute atomic E-state index is 13.9. The van der Waals surface area contributed by atoms with Crippen molar-refractivity contribution in [1.29, 1.82) is 0 Å². The number of hydrogen-bond donors (Lipinski definition) is 2. The molecule has 2 N–H and O–H groups in total. The van der Waals surface area contributed by atoms with E-state index in [0.717, 1.165) is 0 Å². The number of nitrogens with one attached hydrogen (secondary N) is 2. The Labute approximate surface area is 154 Å². The fraction of sp³-hybridized carbons (Fsp3) is 0.188. The molecule has 3 nitrogen and oxygen atoms in total. The molecule has 0 aromatic heterocycles. The predicted molar refractivity (Wildman–Crippen MR) is 88.7 cm³/mol. The number of thiocarbonyl (C=S) groups is 1. The van der Waals surface area contributed by atoms with Gasteiger partial charge in [-0.05, 0) is 31.3 Å². The van der Waals surface area contributed by atoms with Gasteiger partial charge in [0.1, 0.15) is 17.0 Å². The maximum Gasteiger partial charge on any atom is 0.422 e. The van der Waals surface area contributed by atoms with Crippen molar-refractivity contribution in [3.05, 3.63) is 53.1 Å². The van der Waals surface area contributed by atoms with Crippen molar-refractivity contribution in [2.24, 2.45) is 0 Å². The fourth-order valence-electron chi connectivity index (χ4n) is 2.11. The number of ether oxygens (including phenoxy) is 1. The Morgan fingerprint density at radius 2 is 1.52 bits per heavy atom. The average Bonchev–Trinajstić information content (AvgIpc) is 2.58. The number of hydrogen-bond acceptors (Lipinski definition) is 2. The molecule has 0 spiro atoms. The first-order chi connectivity index (χ1) is 12.6. The third-order valence-electron chi connectivity index (χ3n) is 3.22. The van der Waals surface area contributed by atoms with Crippen LogP contribution in [0.1, 0.15) is 12.5 Å². The van der Waals surface area contributed by atoms with Crippen molar-refractivity contribution >= 4 is 28.7 Å². The van der Waals surface area contributed by atoms with Gasteiger partial charge in [-0.2, -0.15) is 13.2 Å². The van der Waals surface area contributed by atoms with Gasteiger partial charge in [-0.25, -0.2) is 17.6 Å². The van der Waals surface area contributed by atoms with E-state index in [0.29, 0.717) is 5.75 Å². The highest BCUT2D eigenvalue weighted by molar-refractivity contribution is 7.80. The third kappa shape index (κ3) is 4.41. The summed E-state index contributed by atoms with van der Waals surface area (Å²) in [4.78, 5) is 0. The molecule has 2 aromatic carbocycles. The highest BCUT2D eigenvalue weighted by atomic mass is 32.1. The molecule has 0 unspecified atom stereocenters. The van der Waals surface area contributed by atoms with Crippen LogP contribution in [-0.4, -0.2) is 11.7 Å². The van der Waals surface area contributed by atoms with Crippen molar-refractivity contribution in [3.63, 3.8) is 0 Å². The molecule has 0 aliphatic rings. The second-order valence-electron chi connectivity index (χ2n) is 5.01. The molecule has 146 valence electrons. The molecule has 11 heteroatoms. The molecule has 0 saturated carbocycles. The Balaban J connectivity index is 2.34. The summed E-state index contributed by atoms with van der Waals surface area (Å²) in [5, 5.41) is 3.77. The van der Waals surface area contributed by atoms with E-state index in [-0.39, 0.29) is 12.3 Å². The lowest BCUT2D eigenvalue weighted by molar-refractivity contribution is -0.143. The smallest absolute Gasteiger partial charge is 0.422 e. The summed E-state index contributed by atoms with van der Waals surface area (Å²) in [5.41, 5.74) is -3.90. The molecule has 0 saturated heterocycles. The van der Waals surface area contributed by atoms with Gasteiger partial charge in [-0.3, -0.25) is 0 Å². The van der Waals surface area contributed by atoms with Crippen LogP contribution in [0.5, 0.6) is 5.75 Å². The molecule has 0 heterocycles. The molecule has 0 radical (unpaired) electrons. The van der Waals surface area contributed by atoms with Gasteiger partial charge in [-0.15, -0.1) is 0 Å². The van der Waals surface area contributed by atoms with Crippen molar-refractivity contribution < 1.29 is 35.5 Å². The standard InChI is InChI=1S/C16H11F7N2OS/c1-2-26-8-6-4-3-5-7(8)24-15(27)25-14-12(19)10(17)9(16(21,22)23)11(18)13(14)20/h3-6H,2H2,1H3,(H2,24,25,27). The summed E-state index contributed by atoms with van der Waals surface area (Å²) in [6.07, 6.45) is -5.62. The van der Waals surface area contributed by atoms with Gasteiger partial charge < -0.3 is 15.4 Å². The van der Waals surface area contributed by atoms with Gasteiger partial charge in [0.2, 0.25) is 0 Å². The van der Waals surface area contributed by atoms with Crippen LogP contribution in [-0.2, 0) is 6.18 Å². The van der Waals surface area contributed by atoms with E-state index < -0.39 is 45.8 Å². The van der Waals surface area contributed by atoms with E-state index in [2.05, 4.69) is 5.32 Å². The van der Waals surface area contributed by atoms with Crippen molar-refractivity contribution in [1.82, 2.24) is 0 Å². The van der Waals surface area contributed by atoms with Crippen LogP contribution in [0.2, 0.25) is 0 Å². The van der Waals surface area contributed by atoms with Crippen LogP contribution in [0.3, 0.4) is 0 Å². The monoisotopic (exact) mass is 412 g/mol. The molecular weight excluding hydrogens is 401 g/mol. The van der Waals surface area contributed by atoms with Crippen LogP contribution in [0.25, 0.3) is 0 Å². The largest absolute Gasteiger partial charge is 0.492 e. The summed E-state index contributed by atoms with van der Waals surface area (Å²) < 4.78 is 98.0. The van der Waals surface area contributed by atoms with E-state index in [1.165, 1.54) is 6.07 Å². The van der Waals surface area contributed by atoms with E-state index in [1.54, 1.807) is 25.1 Å². The number of benzene rings is 2. The Hall–Kier alpha value is -2.56. The Morgan fingerprint density at radius 3 is 2.04 bits per heavy atom. The SMILES string of the molecule is CCOc1ccccc1NC(=S)Nc1c(F)c(F)c(C(F)(F)F)c(F)c1F. The molecule has 0 atom stereocenters. The normalized spacial score (nSPS) is 11.3. The molecule has 0 amide bonds. The molecule has 2 aromatic rings. The first-order valence-corrected chi connectivity index (χ1v) is 7.71. The minimum absolute atomic E-state index is 0.255. The van der Waals surface area contributed by atoms with E-state index in [1.807, 2.05) is 5.32 Å². The molecule has 2 rings (SSSR count). The van der Waals surface area contributed by atoms with Crippen LogP contribution in [0, 0.1) is 23.3 Å². The minimum Gasteiger partial charge on any atom is -0.492 e. The van der Waals surface area contributed by atoms with Gasteiger partial charge in [-0.1, -0.05) is 12.1 Å². The van der Waals surface area contributed by atoms with Crippen molar-refractivity contribution in [2.75, 3.05) is 17.2 Å². The Kier molecular flexibility index (Phi) is 6.14.